The zero-order chi connectivity index (χ0) is 17.9. The number of nitrogens with one attached hydrogen (secondary N) is 1. The van der Waals surface area contributed by atoms with E-state index in [1.54, 1.807) is 12.1 Å². The lowest BCUT2D eigenvalue weighted by Gasteiger charge is -2.23. The van der Waals surface area contributed by atoms with E-state index in [4.69, 9.17) is 0 Å². The summed E-state index contributed by atoms with van der Waals surface area (Å²) in [6.07, 6.45) is 7.78. The van der Waals surface area contributed by atoms with E-state index < -0.39 is 5.25 Å². The fraction of sp³-hybridized carbons (Fsp3) is 0.556. The van der Waals surface area contributed by atoms with Gasteiger partial charge in [0.05, 0.1) is 6.04 Å². The fourth-order valence-corrected chi connectivity index (χ4v) is 4.39. The maximum Gasteiger partial charge on any atom is 0.238 e. The molecule has 1 aromatic heterocycles. The van der Waals surface area contributed by atoms with Crippen molar-refractivity contribution in [2.75, 3.05) is 0 Å². The summed E-state index contributed by atoms with van der Waals surface area (Å²) in [7, 11) is 0. The first-order valence-corrected chi connectivity index (χ1v) is 10.1. The van der Waals surface area contributed by atoms with Gasteiger partial charge >= 0.3 is 0 Å². The van der Waals surface area contributed by atoms with Crippen molar-refractivity contribution in [1.82, 2.24) is 25.5 Å². The molecule has 26 heavy (non-hydrogen) atoms. The molecule has 0 aliphatic heterocycles. The van der Waals surface area contributed by atoms with Crippen LogP contribution in [0.1, 0.15) is 61.8 Å². The Hall–Kier alpha value is -1.96. The number of nitrogens with zero attached hydrogens (tertiary/aromatic N) is 4. The van der Waals surface area contributed by atoms with Crippen LogP contribution in [0.15, 0.2) is 29.4 Å². The van der Waals surface area contributed by atoms with Crippen LogP contribution in [0.4, 0.5) is 4.39 Å². The number of benzene rings is 1. The lowest BCUT2D eigenvalue weighted by molar-refractivity contribution is -0.120. The fourth-order valence-electron chi connectivity index (χ4n) is 3.34. The van der Waals surface area contributed by atoms with Crippen molar-refractivity contribution in [2.24, 2.45) is 0 Å². The van der Waals surface area contributed by atoms with E-state index in [0.717, 1.165) is 31.2 Å². The Morgan fingerprint density at radius 2 is 1.88 bits per heavy atom. The Kier molecular flexibility index (Phi) is 5.19. The summed E-state index contributed by atoms with van der Waals surface area (Å²) in [5.41, 5.74) is 0.757. The summed E-state index contributed by atoms with van der Waals surface area (Å²) in [6, 6.07) is 6.65. The normalized spacial score (nSPS) is 19.3. The third-order valence-corrected chi connectivity index (χ3v) is 6.14. The number of rotatable bonds is 6. The van der Waals surface area contributed by atoms with Gasteiger partial charge in [-0.2, -0.15) is 0 Å². The molecule has 2 saturated carbocycles. The number of halogens is 1. The summed E-state index contributed by atoms with van der Waals surface area (Å²) < 4.78 is 15.2. The minimum Gasteiger partial charge on any atom is -0.352 e. The maximum absolute atomic E-state index is 13.3. The molecule has 1 N–H and O–H groups in total. The molecule has 1 amide bonds. The summed E-state index contributed by atoms with van der Waals surface area (Å²) in [4.78, 5) is 12.8. The molecule has 1 atom stereocenters. The highest BCUT2D eigenvalue weighted by atomic mass is 32.2. The smallest absolute Gasteiger partial charge is 0.238 e. The lowest BCUT2D eigenvalue weighted by Crippen LogP contribution is -2.30. The van der Waals surface area contributed by atoms with Gasteiger partial charge in [-0.1, -0.05) is 43.2 Å². The molecule has 1 aromatic carbocycles. The highest BCUT2D eigenvalue weighted by Crippen LogP contribution is 2.38. The molecule has 2 fully saturated rings. The van der Waals surface area contributed by atoms with Gasteiger partial charge < -0.3 is 5.32 Å². The average molecular weight is 375 g/mol. The standard InChI is InChI=1S/C18H22FN5OS/c19-13-8-6-12(7-9-13)16(17(25)20-14-10-11-14)26-18-21-22-23-24(18)15-4-2-1-3-5-15/h6-9,14-16H,1-5,10-11H2,(H,20,25). The SMILES string of the molecule is O=C(NC1CC1)C(Sc1nnnn1C1CCCCC1)c1ccc(F)cc1. The van der Waals surface area contributed by atoms with Crippen LogP contribution in [-0.4, -0.2) is 32.2 Å². The highest BCUT2D eigenvalue weighted by Gasteiger charge is 2.31. The molecule has 4 rings (SSSR count). The number of amides is 1. The minimum atomic E-state index is -0.496. The highest BCUT2D eigenvalue weighted by molar-refractivity contribution is 8.00. The van der Waals surface area contributed by atoms with E-state index in [-0.39, 0.29) is 17.8 Å². The molecule has 138 valence electrons. The van der Waals surface area contributed by atoms with Gasteiger partial charge in [0.15, 0.2) is 0 Å². The average Bonchev–Trinajstić information content (AvgIpc) is 3.35. The molecule has 0 bridgehead atoms. The summed E-state index contributed by atoms with van der Waals surface area (Å²) in [6.45, 7) is 0. The van der Waals surface area contributed by atoms with Crippen LogP contribution < -0.4 is 5.32 Å². The number of hydrogen-bond acceptors (Lipinski definition) is 5. The largest absolute Gasteiger partial charge is 0.352 e. The van der Waals surface area contributed by atoms with Crippen molar-refractivity contribution in [3.05, 3.63) is 35.6 Å². The van der Waals surface area contributed by atoms with Crippen molar-refractivity contribution < 1.29 is 9.18 Å². The van der Waals surface area contributed by atoms with Gasteiger partial charge in [0.1, 0.15) is 11.1 Å². The molecule has 6 nitrogen and oxygen atoms in total. The summed E-state index contributed by atoms with van der Waals surface area (Å²) in [5.74, 6) is -0.380. The Morgan fingerprint density at radius 3 is 2.58 bits per heavy atom. The van der Waals surface area contributed by atoms with Gasteiger partial charge in [0.2, 0.25) is 11.1 Å². The van der Waals surface area contributed by atoms with Crippen LogP contribution in [0, 0.1) is 5.82 Å². The van der Waals surface area contributed by atoms with Crippen molar-refractivity contribution in [1.29, 1.82) is 0 Å². The van der Waals surface area contributed by atoms with E-state index in [0.29, 0.717) is 11.2 Å². The molecule has 1 heterocycles. The van der Waals surface area contributed by atoms with Gasteiger partial charge in [-0.25, -0.2) is 9.07 Å². The van der Waals surface area contributed by atoms with E-state index in [9.17, 15) is 9.18 Å². The zero-order valence-electron chi connectivity index (χ0n) is 14.5. The Bertz CT molecular complexity index is 755. The minimum absolute atomic E-state index is 0.0673. The van der Waals surface area contributed by atoms with Gasteiger partial charge in [0.25, 0.3) is 0 Å². The Morgan fingerprint density at radius 1 is 1.15 bits per heavy atom. The number of hydrogen-bond donors (Lipinski definition) is 1. The first kappa shape index (κ1) is 17.5. The molecule has 0 saturated heterocycles. The molecule has 2 aliphatic rings. The van der Waals surface area contributed by atoms with Crippen LogP contribution in [0.3, 0.4) is 0 Å². The van der Waals surface area contributed by atoms with Crippen LogP contribution in [0.2, 0.25) is 0 Å². The second-order valence-corrected chi connectivity index (χ2v) is 8.10. The quantitative estimate of drug-likeness (QED) is 0.783. The van der Waals surface area contributed by atoms with Crippen LogP contribution in [0.25, 0.3) is 0 Å². The van der Waals surface area contributed by atoms with Crippen LogP contribution in [0.5, 0.6) is 0 Å². The van der Waals surface area contributed by atoms with Crippen molar-refractivity contribution in [2.45, 2.75) is 67.4 Å². The number of carbonyl (C=O) groups is 1. The van der Waals surface area contributed by atoms with Crippen molar-refractivity contribution in [3.8, 4) is 0 Å². The topological polar surface area (TPSA) is 72.7 Å². The third kappa shape index (κ3) is 4.06. The van der Waals surface area contributed by atoms with E-state index in [1.165, 1.54) is 43.2 Å². The Labute approximate surface area is 155 Å². The lowest BCUT2D eigenvalue weighted by atomic mass is 9.96. The Balaban J connectivity index is 1.57. The molecule has 2 aromatic rings. The van der Waals surface area contributed by atoms with Crippen molar-refractivity contribution in [3.63, 3.8) is 0 Å². The van der Waals surface area contributed by atoms with Crippen LogP contribution >= 0.6 is 11.8 Å². The van der Waals surface area contributed by atoms with E-state index in [1.807, 2.05) is 4.68 Å². The van der Waals surface area contributed by atoms with E-state index in [2.05, 4.69) is 20.8 Å². The number of tetrazole rings is 1. The zero-order valence-corrected chi connectivity index (χ0v) is 15.3. The number of aromatic nitrogens is 4. The first-order valence-electron chi connectivity index (χ1n) is 9.21. The predicted molar refractivity (Wildman–Crippen MR) is 96.1 cm³/mol. The first-order chi connectivity index (χ1) is 12.7. The van der Waals surface area contributed by atoms with Crippen LogP contribution in [-0.2, 0) is 4.79 Å². The molecule has 0 radical (unpaired) electrons. The molecule has 0 spiro atoms. The van der Waals surface area contributed by atoms with Gasteiger partial charge in [-0.3, -0.25) is 4.79 Å². The monoisotopic (exact) mass is 375 g/mol. The molecular formula is C18H22FN5OS. The molecule has 8 heteroatoms. The van der Waals surface area contributed by atoms with E-state index >= 15 is 0 Å². The summed E-state index contributed by atoms with van der Waals surface area (Å²) >= 11 is 1.34. The maximum atomic E-state index is 13.3. The molecule has 1 unspecified atom stereocenters. The van der Waals surface area contributed by atoms with Gasteiger partial charge in [0, 0.05) is 6.04 Å². The molecule has 2 aliphatic carbocycles. The summed E-state index contributed by atoms with van der Waals surface area (Å²) in [5, 5.41) is 15.4. The van der Waals surface area contributed by atoms with Crippen molar-refractivity contribution >= 4 is 17.7 Å². The number of carbonyl (C=O) groups excluding carboxylic acids is 1. The van der Waals surface area contributed by atoms with Gasteiger partial charge in [-0.05, 0) is 53.8 Å². The third-order valence-electron chi connectivity index (χ3n) is 4.94. The second kappa shape index (κ2) is 7.73. The van der Waals surface area contributed by atoms with Gasteiger partial charge in [-0.15, -0.1) is 5.10 Å². The molecular weight excluding hydrogens is 353 g/mol. The second-order valence-electron chi connectivity index (χ2n) is 7.03. The number of thioether (sulfide) groups is 1. The predicted octanol–water partition coefficient (Wildman–Crippen LogP) is 3.43.